The lowest BCUT2D eigenvalue weighted by atomic mass is 9.95. The molecule has 0 aliphatic carbocycles. The molecule has 0 aliphatic rings. The summed E-state index contributed by atoms with van der Waals surface area (Å²) in [7, 11) is 0. The van der Waals surface area contributed by atoms with Crippen LogP contribution in [-0.2, 0) is 28.4 Å². The fraction of sp³-hybridized carbons (Fsp3) is 1.00. The van der Waals surface area contributed by atoms with Gasteiger partial charge in [0, 0.05) is 12.5 Å². The molecule has 0 heterocycles. The summed E-state index contributed by atoms with van der Waals surface area (Å²) in [6, 6.07) is 0. The average molecular weight is 423 g/mol. The molecule has 1 atom stereocenters. The Morgan fingerprint density at radius 2 is 0.931 bits per heavy atom. The van der Waals surface area contributed by atoms with E-state index in [2.05, 4.69) is 13.8 Å². The van der Waals surface area contributed by atoms with Crippen LogP contribution in [-0.4, -0.2) is 84.1 Å². The van der Waals surface area contributed by atoms with Gasteiger partial charge in [-0.2, -0.15) is 0 Å². The second-order valence-electron chi connectivity index (χ2n) is 6.95. The first-order chi connectivity index (χ1) is 14.3. The molecule has 0 saturated carbocycles. The first-order valence-corrected chi connectivity index (χ1v) is 11.4. The summed E-state index contributed by atoms with van der Waals surface area (Å²) in [4.78, 5) is 0. The van der Waals surface area contributed by atoms with Crippen molar-refractivity contribution < 1.29 is 33.5 Å². The Hall–Kier alpha value is -0.280. The minimum atomic E-state index is -0.687. The van der Waals surface area contributed by atoms with Gasteiger partial charge < -0.3 is 33.5 Å². The lowest BCUT2D eigenvalue weighted by Gasteiger charge is -2.23. The van der Waals surface area contributed by atoms with Crippen LogP contribution in [0.5, 0.6) is 0 Å². The molecule has 1 unspecified atom stereocenters. The van der Waals surface area contributed by atoms with Crippen molar-refractivity contribution in [3.63, 3.8) is 0 Å². The smallest absolute Gasteiger partial charge is 0.157 e. The zero-order valence-electron chi connectivity index (χ0n) is 19.1. The number of ether oxygens (including phenoxy) is 6. The largest absolute Gasteiger partial charge is 0.379 e. The zero-order chi connectivity index (χ0) is 21.4. The van der Waals surface area contributed by atoms with E-state index < -0.39 is 6.29 Å². The maximum Gasteiger partial charge on any atom is 0.157 e. The fourth-order valence-corrected chi connectivity index (χ4v) is 2.75. The van der Waals surface area contributed by atoms with Gasteiger partial charge in [0.05, 0.1) is 66.1 Å². The number of unbranched alkanes of at least 4 members (excludes halogenated alkanes) is 2. The van der Waals surface area contributed by atoms with E-state index in [-0.39, 0.29) is 5.92 Å². The van der Waals surface area contributed by atoms with Crippen molar-refractivity contribution in [3.05, 3.63) is 0 Å². The fourth-order valence-electron chi connectivity index (χ4n) is 2.75. The molecule has 29 heavy (non-hydrogen) atoms. The van der Waals surface area contributed by atoms with Crippen LogP contribution in [0.3, 0.4) is 0 Å². The Morgan fingerprint density at radius 1 is 0.552 bits per heavy atom. The molecule has 7 heteroatoms. The summed E-state index contributed by atoms with van der Waals surface area (Å²) in [5, 5.41) is 10.2. The molecule has 0 rings (SSSR count). The SMILES string of the molecule is CCCCC(CCCC)C(O)OCCOCCOCCOCCOCCOCC. The van der Waals surface area contributed by atoms with Gasteiger partial charge in [0.1, 0.15) is 0 Å². The first kappa shape index (κ1) is 28.7. The van der Waals surface area contributed by atoms with Crippen molar-refractivity contribution in [2.75, 3.05) is 72.7 Å². The number of hydrogen-bond donors (Lipinski definition) is 1. The molecule has 176 valence electrons. The molecule has 0 radical (unpaired) electrons. The van der Waals surface area contributed by atoms with Crippen LogP contribution in [0, 0.1) is 5.92 Å². The zero-order valence-corrected chi connectivity index (χ0v) is 19.1. The molecule has 1 N–H and O–H groups in total. The molecule has 0 fully saturated rings. The van der Waals surface area contributed by atoms with Crippen LogP contribution in [0.1, 0.15) is 59.3 Å². The third-order valence-electron chi connectivity index (χ3n) is 4.47. The van der Waals surface area contributed by atoms with Gasteiger partial charge in [0.2, 0.25) is 0 Å². The Morgan fingerprint density at radius 3 is 1.31 bits per heavy atom. The van der Waals surface area contributed by atoms with Gasteiger partial charge in [-0.15, -0.1) is 0 Å². The van der Waals surface area contributed by atoms with Gasteiger partial charge in [0.25, 0.3) is 0 Å². The number of hydrogen-bond acceptors (Lipinski definition) is 7. The Bertz CT molecular complexity index is 297. The molecule has 0 saturated heterocycles. The van der Waals surface area contributed by atoms with Crippen LogP contribution in [0.2, 0.25) is 0 Å². The van der Waals surface area contributed by atoms with Crippen molar-refractivity contribution >= 4 is 0 Å². The standard InChI is InChI=1S/C22H46O7/c1-4-7-9-21(10-8-5-2)22(23)29-20-19-28-18-17-27-16-15-26-14-13-25-12-11-24-6-3/h21-23H,4-20H2,1-3H3. The van der Waals surface area contributed by atoms with E-state index in [0.29, 0.717) is 72.7 Å². The maximum atomic E-state index is 10.2. The Labute approximate surface area is 178 Å². The van der Waals surface area contributed by atoms with Gasteiger partial charge in [-0.25, -0.2) is 0 Å². The molecular formula is C22H46O7. The van der Waals surface area contributed by atoms with E-state index >= 15 is 0 Å². The Kier molecular flexibility index (Phi) is 23.8. The van der Waals surface area contributed by atoms with E-state index in [1.807, 2.05) is 6.92 Å². The van der Waals surface area contributed by atoms with E-state index in [1.165, 1.54) is 0 Å². The van der Waals surface area contributed by atoms with Crippen molar-refractivity contribution in [1.82, 2.24) is 0 Å². The lowest BCUT2D eigenvalue weighted by Crippen LogP contribution is -2.26. The molecule has 0 spiro atoms. The highest BCUT2D eigenvalue weighted by Gasteiger charge is 2.18. The number of aliphatic hydroxyl groups excluding tert-OH is 1. The topological polar surface area (TPSA) is 75.6 Å². The van der Waals surface area contributed by atoms with Crippen molar-refractivity contribution in [1.29, 1.82) is 0 Å². The summed E-state index contributed by atoms with van der Waals surface area (Å²) in [5.74, 6) is 0.230. The second-order valence-corrected chi connectivity index (χ2v) is 6.95. The molecule has 0 aromatic carbocycles. The van der Waals surface area contributed by atoms with Gasteiger partial charge in [0.15, 0.2) is 6.29 Å². The molecule has 0 aliphatic heterocycles. The summed E-state index contributed by atoms with van der Waals surface area (Å²) < 4.78 is 32.4. The first-order valence-electron chi connectivity index (χ1n) is 11.4. The Balaban J connectivity index is 3.38. The highest BCUT2D eigenvalue weighted by atomic mass is 16.6. The monoisotopic (exact) mass is 422 g/mol. The highest BCUT2D eigenvalue weighted by Crippen LogP contribution is 2.20. The van der Waals surface area contributed by atoms with E-state index in [9.17, 15) is 5.11 Å². The van der Waals surface area contributed by atoms with Gasteiger partial charge in [-0.3, -0.25) is 0 Å². The summed E-state index contributed by atoms with van der Waals surface area (Å²) in [6.07, 6.45) is 5.91. The van der Waals surface area contributed by atoms with Gasteiger partial charge in [-0.05, 0) is 19.8 Å². The molecular weight excluding hydrogens is 376 g/mol. The third kappa shape index (κ3) is 20.8. The second kappa shape index (κ2) is 24.0. The summed E-state index contributed by atoms with van der Waals surface area (Å²) >= 11 is 0. The quantitative estimate of drug-likeness (QED) is 0.189. The molecule has 0 aromatic rings. The number of rotatable bonds is 24. The predicted molar refractivity (Wildman–Crippen MR) is 114 cm³/mol. The maximum absolute atomic E-state index is 10.2. The normalized spacial score (nSPS) is 12.7. The van der Waals surface area contributed by atoms with Gasteiger partial charge >= 0.3 is 0 Å². The molecule has 0 aromatic heterocycles. The van der Waals surface area contributed by atoms with Gasteiger partial charge in [-0.1, -0.05) is 39.5 Å². The van der Waals surface area contributed by atoms with Crippen LogP contribution < -0.4 is 0 Å². The molecule has 0 bridgehead atoms. The predicted octanol–water partition coefficient (Wildman–Crippen LogP) is 3.42. The van der Waals surface area contributed by atoms with E-state index in [4.69, 9.17) is 28.4 Å². The average Bonchev–Trinajstić information content (AvgIpc) is 2.73. The van der Waals surface area contributed by atoms with Crippen LogP contribution in [0.25, 0.3) is 0 Å². The number of aliphatic hydroxyl groups is 1. The molecule has 7 nitrogen and oxygen atoms in total. The highest BCUT2D eigenvalue weighted by molar-refractivity contribution is 4.62. The van der Waals surface area contributed by atoms with Crippen molar-refractivity contribution in [2.45, 2.75) is 65.6 Å². The minimum Gasteiger partial charge on any atom is -0.379 e. The van der Waals surface area contributed by atoms with Crippen molar-refractivity contribution in [3.8, 4) is 0 Å². The van der Waals surface area contributed by atoms with Crippen LogP contribution >= 0.6 is 0 Å². The lowest BCUT2D eigenvalue weighted by molar-refractivity contribution is -0.148. The van der Waals surface area contributed by atoms with Crippen LogP contribution in [0.15, 0.2) is 0 Å². The van der Waals surface area contributed by atoms with E-state index in [1.54, 1.807) is 0 Å². The third-order valence-corrected chi connectivity index (χ3v) is 4.47. The summed E-state index contributed by atoms with van der Waals surface area (Å²) in [6.45, 7) is 12.4. The van der Waals surface area contributed by atoms with E-state index in [0.717, 1.165) is 38.5 Å². The molecule has 0 amide bonds. The minimum absolute atomic E-state index is 0.230. The van der Waals surface area contributed by atoms with Crippen LogP contribution in [0.4, 0.5) is 0 Å². The summed E-state index contributed by atoms with van der Waals surface area (Å²) in [5.41, 5.74) is 0. The van der Waals surface area contributed by atoms with Crippen molar-refractivity contribution in [2.24, 2.45) is 5.92 Å².